The molecule has 1 aliphatic rings. The van der Waals surface area contributed by atoms with Crippen LogP contribution in [0.5, 0.6) is 5.88 Å². The van der Waals surface area contributed by atoms with E-state index in [1.54, 1.807) is 12.1 Å². The van der Waals surface area contributed by atoms with Gasteiger partial charge in [-0.2, -0.15) is 4.98 Å². The van der Waals surface area contributed by atoms with Crippen LogP contribution < -0.4 is 5.56 Å². The van der Waals surface area contributed by atoms with Crippen molar-refractivity contribution in [1.82, 2.24) is 9.97 Å². The molecule has 0 unspecified atom stereocenters. The maximum Gasteiger partial charge on any atom is 0.262 e. The highest BCUT2D eigenvalue weighted by atomic mass is 16.5. The second kappa shape index (κ2) is 5.46. The van der Waals surface area contributed by atoms with Gasteiger partial charge in [-0.3, -0.25) is 4.79 Å². The quantitative estimate of drug-likeness (QED) is 0.877. The van der Waals surface area contributed by atoms with Crippen LogP contribution in [0.4, 0.5) is 0 Å². The average molecular weight is 272 g/mol. The molecule has 1 fully saturated rings. The SMILES string of the molecule is O=c1[nH]c(C2CCOCC2)nc(O)c1-c1ccccc1. The zero-order chi connectivity index (χ0) is 13.9. The molecule has 2 aromatic rings. The zero-order valence-corrected chi connectivity index (χ0v) is 11.0. The summed E-state index contributed by atoms with van der Waals surface area (Å²) >= 11 is 0. The molecule has 0 saturated carbocycles. The summed E-state index contributed by atoms with van der Waals surface area (Å²) in [5.41, 5.74) is 0.587. The minimum Gasteiger partial charge on any atom is -0.493 e. The van der Waals surface area contributed by atoms with Crippen molar-refractivity contribution in [2.75, 3.05) is 13.2 Å². The van der Waals surface area contributed by atoms with E-state index in [0.29, 0.717) is 24.6 Å². The van der Waals surface area contributed by atoms with E-state index >= 15 is 0 Å². The Labute approximate surface area is 116 Å². The van der Waals surface area contributed by atoms with Gasteiger partial charge in [0.2, 0.25) is 5.88 Å². The summed E-state index contributed by atoms with van der Waals surface area (Å²) < 4.78 is 5.29. The third-order valence-corrected chi connectivity index (χ3v) is 3.59. The molecule has 0 amide bonds. The molecule has 20 heavy (non-hydrogen) atoms. The van der Waals surface area contributed by atoms with Gasteiger partial charge in [0.1, 0.15) is 11.4 Å². The van der Waals surface area contributed by atoms with Crippen LogP contribution in [0.25, 0.3) is 11.1 Å². The highest BCUT2D eigenvalue weighted by Crippen LogP contribution is 2.28. The van der Waals surface area contributed by atoms with Crippen LogP contribution in [0.2, 0.25) is 0 Å². The lowest BCUT2D eigenvalue weighted by Crippen LogP contribution is -2.21. The van der Waals surface area contributed by atoms with E-state index < -0.39 is 0 Å². The van der Waals surface area contributed by atoms with Gasteiger partial charge in [0.25, 0.3) is 5.56 Å². The van der Waals surface area contributed by atoms with Crippen molar-refractivity contribution in [3.63, 3.8) is 0 Å². The topological polar surface area (TPSA) is 75.2 Å². The lowest BCUT2D eigenvalue weighted by molar-refractivity contribution is 0.0834. The maximum atomic E-state index is 12.2. The lowest BCUT2D eigenvalue weighted by atomic mass is 9.99. The first kappa shape index (κ1) is 12.9. The Morgan fingerprint density at radius 3 is 2.55 bits per heavy atom. The molecule has 0 atom stereocenters. The fraction of sp³-hybridized carbons (Fsp3) is 0.333. The molecular weight excluding hydrogens is 256 g/mol. The number of H-pyrrole nitrogens is 1. The van der Waals surface area contributed by atoms with Crippen LogP contribution in [0, 0.1) is 0 Å². The van der Waals surface area contributed by atoms with Crippen molar-refractivity contribution in [1.29, 1.82) is 0 Å². The highest BCUT2D eigenvalue weighted by Gasteiger charge is 2.21. The van der Waals surface area contributed by atoms with Crippen LogP contribution in [0.1, 0.15) is 24.6 Å². The predicted molar refractivity (Wildman–Crippen MR) is 74.8 cm³/mol. The molecule has 5 nitrogen and oxygen atoms in total. The molecule has 2 N–H and O–H groups in total. The minimum atomic E-state index is -0.301. The lowest BCUT2D eigenvalue weighted by Gasteiger charge is -2.21. The number of nitrogens with one attached hydrogen (secondary N) is 1. The van der Waals surface area contributed by atoms with Crippen LogP contribution in [-0.4, -0.2) is 28.3 Å². The van der Waals surface area contributed by atoms with Crippen molar-refractivity contribution in [2.24, 2.45) is 0 Å². The Morgan fingerprint density at radius 1 is 1.20 bits per heavy atom. The molecule has 1 aromatic carbocycles. The molecular formula is C15H16N2O3. The molecule has 0 aliphatic carbocycles. The Kier molecular flexibility index (Phi) is 3.52. The van der Waals surface area contributed by atoms with Crippen LogP contribution in [0.3, 0.4) is 0 Å². The van der Waals surface area contributed by atoms with E-state index in [1.165, 1.54) is 0 Å². The van der Waals surface area contributed by atoms with Crippen molar-refractivity contribution in [3.05, 3.63) is 46.5 Å². The number of nitrogens with zero attached hydrogens (tertiary/aromatic N) is 1. The van der Waals surface area contributed by atoms with Gasteiger partial charge in [0.05, 0.1) is 0 Å². The number of hydrogen-bond donors (Lipinski definition) is 2. The summed E-state index contributed by atoms with van der Waals surface area (Å²) in [4.78, 5) is 19.2. The average Bonchev–Trinajstić information content (AvgIpc) is 2.48. The van der Waals surface area contributed by atoms with Crippen LogP contribution in [-0.2, 0) is 4.74 Å². The van der Waals surface area contributed by atoms with E-state index in [9.17, 15) is 9.90 Å². The number of aromatic amines is 1. The number of aromatic nitrogens is 2. The summed E-state index contributed by atoms with van der Waals surface area (Å²) in [5, 5.41) is 10.1. The summed E-state index contributed by atoms with van der Waals surface area (Å²) in [6.45, 7) is 1.32. The molecule has 0 radical (unpaired) electrons. The molecule has 1 aliphatic heterocycles. The van der Waals surface area contributed by atoms with Crippen molar-refractivity contribution in [2.45, 2.75) is 18.8 Å². The number of benzene rings is 1. The largest absolute Gasteiger partial charge is 0.493 e. The van der Waals surface area contributed by atoms with Crippen LogP contribution >= 0.6 is 0 Å². The second-order valence-corrected chi connectivity index (χ2v) is 4.90. The van der Waals surface area contributed by atoms with Gasteiger partial charge < -0.3 is 14.8 Å². The fourth-order valence-corrected chi connectivity index (χ4v) is 2.51. The third-order valence-electron chi connectivity index (χ3n) is 3.59. The maximum absolute atomic E-state index is 12.2. The van der Waals surface area contributed by atoms with Crippen LogP contribution in [0.15, 0.2) is 35.1 Å². The van der Waals surface area contributed by atoms with Crippen molar-refractivity contribution >= 4 is 0 Å². The van der Waals surface area contributed by atoms with Gasteiger partial charge in [0, 0.05) is 19.1 Å². The second-order valence-electron chi connectivity index (χ2n) is 4.90. The molecule has 2 heterocycles. The first-order chi connectivity index (χ1) is 9.75. The van der Waals surface area contributed by atoms with Gasteiger partial charge in [-0.15, -0.1) is 0 Å². The number of ether oxygens (including phenoxy) is 1. The van der Waals surface area contributed by atoms with Gasteiger partial charge in [0.15, 0.2) is 0 Å². The fourth-order valence-electron chi connectivity index (χ4n) is 2.51. The normalized spacial score (nSPS) is 16.2. The summed E-state index contributed by atoms with van der Waals surface area (Å²) in [6.07, 6.45) is 1.63. The predicted octanol–water partition coefficient (Wildman–Crippen LogP) is 2.04. The summed E-state index contributed by atoms with van der Waals surface area (Å²) in [7, 11) is 0. The first-order valence-electron chi connectivity index (χ1n) is 6.72. The highest BCUT2D eigenvalue weighted by molar-refractivity contribution is 5.66. The Morgan fingerprint density at radius 2 is 1.90 bits per heavy atom. The molecule has 1 saturated heterocycles. The minimum absolute atomic E-state index is 0.146. The number of rotatable bonds is 2. The molecule has 5 heteroatoms. The first-order valence-corrected chi connectivity index (χ1v) is 6.72. The molecule has 104 valence electrons. The van der Waals surface area contributed by atoms with Gasteiger partial charge in [-0.1, -0.05) is 30.3 Å². The van der Waals surface area contributed by atoms with Crippen molar-refractivity contribution in [3.8, 4) is 17.0 Å². The van der Waals surface area contributed by atoms with E-state index in [1.807, 2.05) is 18.2 Å². The van der Waals surface area contributed by atoms with Gasteiger partial charge in [-0.25, -0.2) is 0 Å². The molecule has 0 spiro atoms. The molecule has 1 aromatic heterocycles. The summed E-state index contributed by atoms with van der Waals surface area (Å²) in [5.74, 6) is 0.490. The Bertz CT molecular complexity index is 646. The smallest absolute Gasteiger partial charge is 0.262 e. The number of hydrogen-bond acceptors (Lipinski definition) is 4. The monoisotopic (exact) mass is 272 g/mol. The number of aromatic hydroxyl groups is 1. The van der Waals surface area contributed by atoms with E-state index in [0.717, 1.165) is 12.8 Å². The zero-order valence-electron chi connectivity index (χ0n) is 11.0. The standard InChI is InChI=1S/C15H16N2O3/c18-14-12(10-4-2-1-3-5-10)15(19)17-13(16-14)11-6-8-20-9-7-11/h1-5,11H,6-9H2,(H2,16,17,18,19). The summed E-state index contributed by atoms with van der Waals surface area (Å²) in [6, 6.07) is 9.06. The van der Waals surface area contributed by atoms with Gasteiger partial charge in [-0.05, 0) is 18.4 Å². The molecule has 3 rings (SSSR count). The Hall–Kier alpha value is -2.14. The third kappa shape index (κ3) is 2.44. The van der Waals surface area contributed by atoms with Crippen molar-refractivity contribution < 1.29 is 9.84 Å². The van der Waals surface area contributed by atoms with Gasteiger partial charge >= 0.3 is 0 Å². The van der Waals surface area contributed by atoms with E-state index in [4.69, 9.17) is 4.74 Å². The Balaban J connectivity index is 2.01. The molecule has 0 bridgehead atoms. The van der Waals surface area contributed by atoms with E-state index in [2.05, 4.69) is 9.97 Å². The van der Waals surface area contributed by atoms with E-state index in [-0.39, 0.29) is 22.9 Å².